The Morgan fingerprint density at radius 1 is 1.41 bits per heavy atom. The molecular weight excluding hydrogens is 230 g/mol. The van der Waals surface area contributed by atoms with Gasteiger partial charge in [0, 0.05) is 25.7 Å². The lowest BCUT2D eigenvalue weighted by Gasteiger charge is -2.00. The average molecular weight is 249 g/mol. The van der Waals surface area contributed by atoms with Crippen LogP contribution in [-0.4, -0.2) is 22.6 Å². The maximum atomic E-state index is 4.42. The lowest BCUT2D eigenvalue weighted by atomic mass is 10.3. The molecular formula is C13H19N3S. The molecule has 0 aromatic carbocycles. The van der Waals surface area contributed by atoms with Gasteiger partial charge in [-0.05, 0) is 35.4 Å². The molecule has 0 saturated heterocycles. The normalized spacial score (nSPS) is 10.9. The maximum Gasteiger partial charge on any atom is 0.0952 e. The van der Waals surface area contributed by atoms with Crippen LogP contribution in [0.2, 0.25) is 0 Å². The van der Waals surface area contributed by atoms with Gasteiger partial charge in [-0.25, -0.2) is 4.98 Å². The molecule has 2 aromatic rings. The quantitative estimate of drug-likeness (QED) is 0.764. The van der Waals surface area contributed by atoms with E-state index in [-0.39, 0.29) is 0 Å². The fraction of sp³-hybridized carbons (Fsp3) is 0.462. The molecule has 0 fully saturated rings. The van der Waals surface area contributed by atoms with Gasteiger partial charge < -0.3 is 9.88 Å². The van der Waals surface area contributed by atoms with Crippen molar-refractivity contribution in [1.82, 2.24) is 14.9 Å². The third-order valence-corrected chi connectivity index (χ3v) is 3.35. The molecule has 0 unspecified atom stereocenters. The van der Waals surface area contributed by atoms with Crippen molar-refractivity contribution in [2.24, 2.45) is 0 Å². The van der Waals surface area contributed by atoms with E-state index in [2.05, 4.69) is 44.8 Å². The van der Waals surface area contributed by atoms with E-state index in [4.69, 9.17) is 0 Å². The first-order chi connectivity index (χ1) is 8.38. The Labute approximate surface area is 107 Å². The van der Waals surface area contributed by atoms with Crippen LogP contribution < -0.4 is 5.32 Å². The van der Waals surface area contributed by atoms with E-state index in [1.54, 1.807) is 11.3 Å². The van der Waals surface area contributed by atoms with E-state index in [0.717, 1.165) is 26.1 Å². The van der Waals surface area contributed by atoms with Gasteiger partial charge in [0.05, 0.1) is 12.0 Å². The van der Waals surface area contributed by atoms with E-state index < -0.39 is 0 Å². The van der Waals surface area contributed by atoms with Crippen LogP contribution in [0, 0.1) is 0 Å². The van der Waals surface area contributed by atoms with Crippen molar-refractivity contribution in [2.75, 3.05) is 13.1 Å². The van der Waals surface area contributed by atoms with Crippen LogP contribution in [0.4, 0.5) is 0 Å². The van der Waals surface area contributed by atoms with Crippen LogP contribution in [0.25, 0.3) is 0 Å². The van der Waals surface area contributed by atoms with Crippen molar-refractivity contribution < 1.29 is 0 Å². The lowest BCUT2D eigenvalue weighted by Crippen LogP contribution is -2.17. The third-order valence-electron chi connectivity index (χ3n) is 2.62. The Hall–Kier alpha value is -1.13. The van der Waals surface area contributed by atoms with Gasteiger partial charge in [0.25, 0.3) is 0 Å². The minimum absolute atomic E-state index is 0.929. The van der Waals surface area contributed by atoms with E-state index in [1.165, 1.54) is 17.7 Å². The first-order valence-electron chi connectivity index (χ1n) is 6.11. The van der Waals surface area contributed by atoms with Gasteiger partial charge in [-0.2, -0.15) is 11.3 Å². The van der Waals surface area contributed by atoms with Crippen molar-refractivity contribution in [3.63, 3.8) is 0 Å². The summed E-state index contributed by atoms with van der Waals surface area (Å²) in [6.45, 7) is 5.22. The van der Waals surface area contributed by atoms with Gasteiger partial charge in [0.2, 0.25) is 0 Å². The summed E-state index contributed by atoms with van der Waals surface area (Å²) in [6.07, 6.45) is 6.27. The average Bonchev–Trinajstić information content (AvgIpc) is 2.97. The highest BCUT2D eigenvalue weighted by Crippen LogP contribution is 2.08. The molecule has 0 radical (unpaired) electrons. The molecule has 2 heterocycles. The molecule has 0 bridgehead atoms. The van der Waals surface area contributed by atoms with Crippen LogP contribution in [-0.2, 0) is 13.0 Å². The summed E-state index contributed by atoms with van der Waals surface area (Å²) < 4.78 is 2.15. The highest BCUT2D eigenvalue weighted by molar-refractivity contribution is 7.07. The Morgan fingerprint density at radius 3 is 3.12 bits per heavy atom. The van der Waals surface area contributed by atoms with Crippen molar-refractivity contribution in [2.45, 2.75) is 26.3 Å². The van der Waals surface area contributed by atoms with Crippen molar-refractivity contribution in [3.8, 4) is 0 Å². The van der Waals surface area contributed by atoms with Gasteiger partial charge in [0.15, 0.2) is 0 Å². The van der Waals surface area contributed by atoms with E-state index >= 15 is 0 Å². The number of thiophene rings is 1. The van der Waals surface area contributed by atoms with Crippen LogP contribution >= 0.6 is 11.3 Å². The van der Waals surface area contributed by atoms with Crippen LogP contribution in [0.5, 0.6) is 0 Å². The summed E-state index contributed by atoms with van der Waals surface area (Å²) in [4.78, 5) is 4.42. The van der Waals surface area contributed by atoms with Crippen molar-refractivity contribution >= 4 is 11.3 Å². The summed E-state index contributed by atoms with van der Waals surface area (Å²) in [5.41, 5.74) is 2.52. The molecule has 0 atom stereocenters. The second-order valence-corrected chi connectivity index (χ2v) is 4.95. The number of nitrogens with one attached hydrogen (secondary N) is 1. The fourth-order valence-electron chi connectivity index (χ4n) is 1.73. The Balaban J connectivity index is 1.79. The molecule has 0 saturated carbocycles. The van der Waals surface area contributed by atoms with E-state index in [1.807, 2.05) is 6.33 Å². The molecule has 92 valence electrons. The minimum atomic E-state index is 0.929. The van der Waals surface area contributed by atoms with Gasteiger partial charge >= 0.3 is 0 Å². The topological polar surface area (TPSA) is 29.9 Å². The Morgan fingerprint density at radius 2 is 2.35 bits per heavy atom. The zero-order chi connectivity index (χ0) is 11.9. The molecule has 1 N–H and O–H groups in total. The lowest BCUT2D eigenvalue weighted by molar-refractivity contribution is 0.666. The molecule has 3 nitrogen and oxygen atoms in total. The SMILES string of the molecule is CCCNCCc1cn(Cc2ccsc2)cn1. The molecule has 0 aliphatic rings. The van der Waals surface area contributed by atoms with Crippen LogP contribution in [0.1, 0.15) is 24.6 Å². The molecule has 17 heavy (non-hydrogen) atoms. The van der Waals surface area contributed by atoms with Gasteiger partial charge in [0.1, 0.15) is 0 Å². The number of aromatic nitrogens is 2. The molecule has 2 aromatic heterocycles. The molecule has 0 aliphatic carbocycles. The van der Waals surface area contributed by atoms with Gasteiger partial charge in [-0.3, -0.25) is 0 Å². The zero-order valence-corrected chi connectivity index (χ0v) is 11.0. The molecule has 0 spiro atoms. The highest BCUT2D eigenvalue weighted by atomic mass is 32.1. The summed E-state index contributed by atoms with van der Waals surface area (Å²) in [6, 6.07) is 2.16. The summed E-state index contributed by atoms with van der Waals surface area (Å²) >= 11 is 1.74. The number of hydrogen-bond acceptors (Lipinski definition) is 3. The van der Waals surface area contributed by atoms with Crippen LogP contribution in [0.3, 0.4) is 0 Å². The number of rotatable bonds is 7. The van der Waals surface area contributed by atoms with Crippen LogP contribution in [0.15, 0.2) is 29.4 Å². The minimum Gasteiger partial charge on any atom is -0.333 e. The Kier molecular flexibility index (Phi) is 4.76. The smallest absolute Gasteiger partial charge is 0.0952 e. The van der Waals surface area contributed by atoms with Crippen molar-refractivity contribution in [3.05, 3.63) is 40.6 Å². The molecule has 2 rings (SSSR count). The first kappa shape index (κ1) is 12.3. The highest BCUT2D eigenvalue weighted by Gasteiger charge is 2.00. The van der Waals surface area contributed by atoms with E-state index in [0.29, 0.717) is 0 Å². The number of imidazole rings is 1. The molecule has 0 aliphatic heterocycles. The molecule has 4 heteroatoms. The fourth-order valence-corrected chi connectivity index (χ4v) is 2.39. The second kappa shape index (κ2) is 6.57. The van der Waals surface area contributed by atoms with E-state index in [9.17, 15) is 0 Å². The third kappa shape index (κ3) is 3.98. The zero-order valence-electron chi connectivity index (χ0n) is 10.2. The van der Waals surface area contributed by atoms with Gasteiger partial charge in [-0.15, -0.1) is 0 Å². The largest absolute Gasteiger partial charge is 0.333 e. The summed E-state index contributed by atoms with van der Waals surface area (Å²) in [5.74, 6) is 0. The number of hydrogen-bond donors (Lipinski definition) is 1. The maximum absolute atomic E-state index is 4.42. The molecule has 0 amide bonds. The van der Waals surface area contributed by atoms with Crippen molar-refractivity contribution in [1.29, 1.82) is 0 Å². The predicted octanol–water partition coefficient (Wildman–Crippen LogP) is 2.54. The summed E-state index contributed by atoms with van der Waals surface area (Å²) in [7, 11) is 0. The standard InChI is InChI=1S/C13H19N3S/c1-2-5-14-6-3-13-9-16(11-15-13)8-12-4-7-17-10-12/h4,7,9-11,14H,2-3,5-6,8H2,1H3. The number of nitrogens with zero attached hydrogens (tertiary/aromatic N) is 2. The monoisotopic (exact) mass is 249 g/mol. The summed E-state index contributed by atoms with van der Waals surface area (Å²) in [5, 5.41) is 7.69. The van der Waals surface area contributed by atoms with Gasteiger partial charge in [-0.1, -0.05) is 6.92 Å². The second-order valence-electron chi connectivity index (χ2n) is 4.17. The first-order valence-corrected chi connectivity index (χ1v) is 7.05. The Bertz CT molecular complexity index is 420. The predicted molar refractivity (Wildman–Crippen MR) is 72.5 cm³/mol.